The molecule has 0 unspecified atom stereocenters. The fourth-order valence-electron chi connectivity index (χ4n) is 1.87. The van der Waals surface area contributed by atoms with Crippen LogP contribution in [0.1, 0.15) is 0 Å². The molecule has 9 heteroatoms. The Bertz CT molecular complexity index is 856. The number of methoxy groups -OCH3 is 1. The molecular weight excluding hydrogens is 364 g/mol. The number of nitrogens with zero attached hydrogens (tertiary/aromatic N) is 1. The van der Waals surface area contributed by atoms with E-state index in [9.17, 15) is 22.0 Å². The summed E-state index contributed by atoms with van der Waals surface area (Å²) in [6.07, 6.45) is 0. The molecule has 2 rings (SSSR count). The summed E-state index contributed by atoms with van der Waals surface area (Å²) in [6.45, 7) is -0.655. The van der Waals surface area contributed by atoms with Gasteiger partial charge in [0.25, 0.3) is 10.0 Å². The number of sulfonamides is 1. The van der Waals surface area contributed by atoms with Gasteiger partial charge in [0.05, 0.1) is 22.7 Å². The first-order valence-electron chi connectivity index (χ1n) is 6.56. The number of ether oxygens (including phenoxy) is 1. The number of hydrogen-bond acceptors (Lipinski definition) is 4. The maximum atomic E-state index is 13.3. The van der Waals surface area contributed by atoms with Crippen LogP contribution in [0, 0.1) is 11.6 Å². The Morgan fingerprint density at radius 3 is 2.33 bits per heavy atom. The van der Waals surface area contributed by atoms with E-state index in [0.29, 0.717) is 4.31 Å². The molecule has 0 bridgehead atoms. The fraction of sp³-hybridized carbons (Fsp3) is 0.133. The largest absolute Gasteiger partial charge is 0.468 e. The van der Waals surface area contributed by atoms with Crippen LogP contribution in [0.25, 0.3) is 0 Å². The minimum Gasteiger partial charge on any atom is -0.468 e. The highest BCUT2D eigenvalue weighted by Crippen LogP contribution is 2.27. The molecule has 128 valence electrons. The summed E-state index contributed by atoms with van der Waals surface area (Å²) >= 11 is 5.68. The number of benzene rings is 2. The molecule has 0 saturated carbocycles. The zero-order chi connectivity index (χ0) is 17.9. The fourth-order valence-corrected chi connectivity index (χ4v) is 3.45. The van der Waals surface area contributed by atoms with Crippen molar-refractivity contribution in [3.63, 3.8) is 0 Å². The van der Waals surface area contributed by atoms with E-state index in [2.05, 4.69) is 4.74 Å². The summed E-state index contributed by atoms with van der Waals surface area (Å²) in [5, 5.41) is -0.309. The number of esters is 1. The van der Waals surface area contributed by atoms with Crippen molar-refractivity contribution in [2.45, 2.75) is 4.90 Å². The predicted octanol–water partition coefficient (Wildman–Crippen LogP) is 2.99. The van der Waals surface area contributed by atoms with Crippen LogP contribution in [-0.4, -0.2) is 28.0 Å². The second-order valence-electron chi connectivity index (χ2n) is 4.64. The minimum atomic E-state index is -4.22. The first-order chi connectivity index (χ1) is 11.3. The van der Waals surface area contributed by atoms with Gasteiger partial charge in [0, 0.05) is 0 Å². The van der Waals surface area contributed by atoms with Gasteiger partial charge in [0.15, 0.2) is 0 Å². The molecule has 0 aliphatic carbocycles. The number of carbonyl (C=O) groups is 1. The molecule has 0 fully saturated rings. The standard InChI is InChI=1S/C15H12ClF2NO4S/c1-23-15(20)9-19(11-4-7-14(18)13(16)8-11)24(21,22)12-5-2-10(17)3-6-12/h2-8H,9H2,1H3. The molecule has 0 heterocycles. The molecule has 0 spiro atoms. The number of halogens is 3. The monoisotopic (exact) mass is 375 g/mol. The minimum absolute atomic E-state index is 0.0314. The zero-order valence-corrected chi connectivity index (χ0v) is 13.9. The van der Waals surface area contributed by atoms with Gasteiger partial charge in [-0.25, -0.2) is 17.2 Å². The third kappa shape index (κ3) is 3.82. The van der Waals surface area contributed by atoms with Crippen molar-refractivity contribution >= 4 is 33.3 Å². The van der Waals surface area contributed by atoms with E-state index >= 15 is 0 Å². The Morgan fingerprint density at radius 1 is 1.17 bits per heavy atom. The highest BCUT2D eigenvalue weighted by atomic mass is 35.5. The van der Waals surface area contributed by atoms with Gasteiger partial charge in [0.1, 0.15) is 18.2 Å². The highest BCUT2D eigenvalue weighted by Gasteiger charge is 2.28. The first kappa shape index (κ1) is 18.2. The third-order valence-electron chi connectivity index (χ3n) is 3.09. The van der Waals surface area contributed by atoms with Crippen molar-refractivity contribution in [3.8, 4) is 0 Å². The number of carbonyl (C=O) groups excluding carboxylic acids is 1. The van der Waals surface area contributed by atoms with E-state index in [4.69, 9.17) is 11.6 Å². The lowest BCUT2D eigenvalue weighted by atomic mass is 10.3. The van der Waals surface area contributed by atoms with Crippen LogP contribution in [0.2, 0.25) is 5.02 Å². The summed E-state index contributed by atoms with van der Waals surface area (Å²) in [4.78, 5) is 11.3. The van der Waals surface area contributed by atoms with Crippen LogP contribution in [0.3, 0.4) is 0 Å². The molecule has 0 amide bonds. The molecule has 2 aromatic carbocycles. The maximum absolute atomic E-state index is 13.3. The van der Waals surface area contributed by atoms with Crippen molar-refractivity contribution in [1.82, 2.24) is 0 Å². The Hall–Kier alpha value is -2.19. The van der Waals surface area contributed by atoms with Crippen molar-refractivity contribution in [2.24, 2.45) is 0 Å². The Morgan fingerprint density at radius 2 is 1.79 bits per heavy atom. The number of anilines is 1. The van der Waals surface area contributed by atoms with E-state index in [-0.39, 0.29) is 15.6 Å². The Kier molecular flexibility index (Phi) is 5.40. The molecule has 0 saturated heterocycles. The van der Waals surface area contributed by atoms with Crippen LogP contribution in [-0.2, 0) is 19.6 Å². The van der Waals surface area contributed by atoms with Crippen molar-refractivity contribution in [3.05, 3.63) is 59.1 Å². The SMILES string of the molecule is COC(=O)CN(c1ccc(F)c(Cl)c1)S(=O)(=O)c1ccc(F)cc1. The van der Waals surface area contributed by atoms with Gasteiger partial charge in [-0.05, 0) is 42.5 Å². The highest BCUT2D eigenvalue weighted by molar-refractivity contribution is 7.92. The topological polar surface area (TPSA) is 63.7 Å². The average Bonchev–Trinajstić information content (AvgIpc) is 2.55. The molecule has 0 aliphatic rings. The van der Waals surface area contributed by atoms with Gasteiger partial charge >= 0.3 is 5.97 Å². The second kappa shape index (κ2) is 7.14. The molecule has 5 nitrogen and oxygen atoms in total. The van der Waals surface area contributed by atoms with Crippen LogP contribution < -0.4 is 4.31 Å². The van der Waals surface area contributed by atoms with Crippen LogP contribution in [0.15, 0.2) is 47.4 Å². The molecule has 24 heavy (non-hydrogen) atoms. The Labute approximate surface area is 142 Å². The summed E-state index contributed by atoms with van der Waals surface area (Å²) in [6, 6.07) is 7.26. The van der Waals surface area contributed by atoms with Gasteiger partial charge < -0.3 is 4.74 Å². The smallest absolute Gasteiger partial charge is 0.326 e. The molecule has 0 atom stereocenters. The first-order valence-corrected chi connectivity index (χ1v) is 8.37. The lowest BCUT2D eigenvalue weighted by Gasteiger charge is -2.23. The van der Waals surface area contributed by atoms with Crippen LogP contribution in [0.4, 0.5) is 14.5 Å². The lowest BCUT2D eigenvalue weighted by molar-refractivity contribution is -0.138. The van der Waals surface area contributed by atoms with E-state index in [0.717, 1.165) is 49.6 Å². The van der Waals surface area contributed by atoms with Crippen LogP contribution in [0.5, 0.6) is 0 Å². The predicted molar refractivity (Wildman–Crippen MR) is 84.4 cm³/mol. The van der Waals surface area contributed by atoms with E-state index in [1.807, 2.05) is 0 Å². The molecule has 0 N–H and O–H groups in total. The summed E-state index contributed by atoms with van der Waals surface area (Å²) in [5.74, 6) is -2.18. The normalized spacial score (nSPS) is 11.2. The van der Waals surface area contributed by atoms with E-state index in [1.165, 1.54) is 0 Å². The summed E-state index contributed by atoms with van der Waals surface area (Å²) in [5.41, 5.74) is -0.0314. The molecule has 0 radical (unpaired) electrons. The van der Waals surface area contributed by atoms with Gasteiger partial charge in [0.2, 0.25) is 0 Å². The molecular formula is C15H12ClF2NO4S. The lowest BCUT2D eigenvalue weighted by Crippen LogP contribution is -2.36. The second-order valence-corrected chi connectivity index (χ2v) is 6.91. The van der Waals surface area contributed by atoms with Crippen molar-refractivity contribution in [1.29, 1.82) is 0 Å². The summed E-state index contributed by atoms with van der Waals surface area (Å²) < 4.78 is 57.0. The van der Waals surface area contributed by atoms with Crippen molar-refractivity contribution < 1.29 is 26.7 Å². The quantitative estimate of drug-likeness (QED) is 0.754. The maximum Gasteiger partial charge on any atom is 0.326 e. The van der Waals surface area contributed by atoms with Gasteiger partial charge in [-0.1, -0.05) is 11.6 Å². The van der Waals surface area contributed by atoms with Gasteiger partial charge in [-0.15, -0.1) is 0 Å². The summed E-state index contributed by atoms with van der Waals surface area (Å²) in [7, 11) is -3.12. The number of rotatable bonds is 5. The Balaban J connectivity index is 2.54. The van der Waals surface area contributed by atoms with E-state index in [1.54, 1.807) is 0 Å². The molecule has 2 aromatic rings. The average molecular weight is 376 g/mol. The van der Waals surface area contributed by atoms with Crippen molar-refractivity contribution in [2.75, 3.05) is 18.0 Å². The zero-order valence-electron chi connectivity index (χ0n) is 12.4. The van der Waals surface area contributed by atoms with Gasteiger partial charge in [-0.2, -0.15) is 0 Å². The number of hydrogen-bond donors (Lipinski definition) is 0. The third-order valence-corrected chi connectivity index (χ3v) is 5.17. The van der Waals surface area contributed by atoms with Crippen LogP contribution >= 0.6 is 11.6 Å². The molecule has 0 aliphatic heterocycles. The van der Waals surface area contributed by atoms with Gasteiger partial charge in [-0.3, -0.25) is 9.10 Å². The molecule has 0 aromatic heterocycles. The van der Waals surface area contributed by atoms with E-state index < -0.39 is 34.2 Å².